The van der Waals surface area contributed by atoms with Gasteiger partial charge in [0.1, 0.15) is 6.10 Å². The van der Waals surface area contributed by atoms with Crippen molar-refractivity contribution in [2.45, 2.75) is 101 Å². The molecular formula is C32H38F12O6. The van der Waals surface area contributed by atoms with Crippen LogP contribution in [0.3, 0.4) is 0 Å². The summed E-state index contributed by atoms with van der Waals surface area (Å²) in [4.78, 5) is 0. The summed E-state index contributed by atoms with van der Waals surface area (Å²) in [5, 5.41) is 19.9. The molecule has 18 heteroatoms. The SMILES string of the molecule is CCOC(C)(c1cccc(C(C)(OCC(O)COC(C)(c2cccc(C(C)(OCC(C)O)C(F)(F)F)c2)C(F)(F)F)C(F)(F)F)c1)C(F)(F)F. The molecule has 0 saturated heterocycles. The Bertz CT molecular complexity index is 1410. The molecule has 0 aromatic heterocycles. The van der Waals surface area contributed by atoms with Gasteiger partial charge < -0.3 is 29.2 Å². The maximum Gasteiger partial charge on any atom is 0.421 e. The van der Waals surface area contributed by atoms with E-state index in [1.807, 2.05) is 0 Å². The van der Waals surface area contributed by atoms with Crippen molar-refractivity contribution in [2.24, 2.45) is 0 Å². The van der Waals surface area contributed by atoms with Gasteiger partial charge >= 0.3 is 24.7 Å². The van der Waals surface area contributed by atoms with Crippen molar-refractivity contribution in [3.05, 3.63) is 70.8 Å². The summed E-state index contributed by atoms with van der Waals surface area (Å²) in [6, 6.07) is 6.08. The normalized spacial score (nSPS) is 19.5. The van der Waals surface area contributed by atoms with Crippen LogP contribution in [0.15, 0.2) is 48.5 Å². The lowest BCUT2D eigenvalue weighted by Gasteiger charge is -2.37. The third-order valence-electron chi connectivity index (χ3n) is 8.27. The molecule has 0 amide bonds. The standard InChI is InChI=1S/C32H38F12O6/c1-7-47-25(3,29(33,34)35)20-10-8-12-22(14-20)27(5,31(39,40)41)49-17-24(46)18-50-28(6,32(42,43)44)23-13-9-11-21(15-23)26(4,30(36,37)38)48-16-19(2)45/h8-15,19,24,45-46H,7,16-18H2,1-6H3. The number of alkyl halides is 12. The van der Waals surface area contributed by atoms with E-state index in [9.17, 15) is 62.9 Å². The van der Waals surface area contributed by atoms with Crippen molar-refractivity contribution in [1.29, 1.82) is 0 Å². The van der Waals surface area contributed by atoms with Gasteiger partial charge in [0.25, 0.3) is 0 Å². The Hall–Kier alpha value is -2.64. The van der Waals surface area contributed by atoms with Gasteiger partial charge in [0.2, 0.25) is 0 Å². The summed E-state index contributed by atoms with van der Waals surface area (Å²) < 4.78 is 190. The molecule has 0 aliphatic heterocycles. The molecule has 0 aliphatic carbocycles. The van der Waals surface area contributed by atoms with Gasteiger partial charge in [-0.1, -0.05) is 36.4 Å². The minimum Gasteiger partial charge on any atom is -0.391 e. The number of hydrogen-bond acceptors (Lipinski definition) is 6. The fraction of sp³-hybridized carbons (Fsp3) is 0.625. The van der Waals surface area contributed by atoms with Crippen molar-refractivity contribution in [3.8, 4) is 0 Å². The summed E-state index contributed by atoms with van der Waals surface area (Å²) in [6.45, 7) is 0.363. The molecule has 0 heterocycles. The number of halogens is 12. The number of ether oxygens (including phenoxy) is 4. The lowest BCUT2D eigenvalue weighted by atomic mass is 9.87. The molecule has 0 aliphatic rings. The zero-order valence-corrected chi connectivity index (χ0v) is 27.7. The van der Waals surface area contributed by atoms with Gasteiger partial charge in [0, 0.05) is 6.61 Å². The first-order valence-corrected chi connectivity index (χ1v) is 14.9. The molecule has 0 bridgehead atoms. The number of aliphatic hydroxyl groups excluding tert-OH is 2. The van der Waals surface area contributed by atoms with Crippen LogP contribution in [0.5, 0.6) is 0 Å². The number of aliphatic hydroxyl groups is 2. The molecule has 286 valence electrons. The first-order chi connectivity index (χ1) is 22.5. The molecule has 0 fully saturated rings. The van der Waals surface area contributed by atoms with E-state index in [1.165, 1.54) is 6.92 Å². The molecule has 6 atom stereocenters. The predicted molar refractivity (Wildman–Crippen MR) is 154 cm³/mol. The zero-order chi connectivity index (χ0) is 38.8. The molecule has 6 unspecified atom stereocenters. The van der Waals surface area contributed by atoms with Gasteiger partial charge in [-0.25, -0.2) is 0 Å². The average molecular weight is 747 g/mol. The van der Waals surface area contributed by atoms with Gasteiger partial charge in [0.15, 0.2) is 22.4 Å². The van der Waals surface area contributed by atoms with E-state index >= 15 is 0 Å². The molecule has 2 rings (SSSR count). The number of rotatable bonds is 15. The second kappa shape index (κ2) is 15.1. The second-order valence-corrected chi connectivity index (χ2v) is 12.2. The monoisotopic (exact) mass is 746 g/mol. The van der Waals surface area contributed by atoms with E-state index < -0.39 is 108 Å². The van der Waals surface area contributed by atoms with Crippen LogP contribution in [-0.4, -0.2) is 73.6 Å². The van der Waals surface area contributed by atoms with E-state index in [2.05, 4.69) is 0 Å². The summed E-state index contributed by atoms with van der Waals surface area (Å²) in [6.07, 6.45) is -24.5. The highest BCUT2D eigenvalue weighted by molar-refractivity contribution is 5.35. The Morgan fingerprint density at radius 1 is 0.500 bits per heavy atom. The lowest BCUT2D eigenvalue weighted by Crippen LogP contribution is -2.47. The Morgan fingerprint density at radius 3 is 1.00 bits per heavy atom. The molecule has 2 aromatic rings. The van der Waals surface area contributed by atoms with Crippen molar-refractivity contribution in [3.63, 3.8) is 0 Å². The van der Waals surface area contributed by atoms with Crippen LogP contribution in [0.1, 0.15) is 63.8 Å². The van der Waals surface area contributed by atoms with Crippen molar-refractivity contribution in [1.82, 2.24) is 0 Å². The zero-order valence-electron chi connectivity index (χ0n) is 27.7. The van der Waals surface area contributed by atoms with Crippen LogP contribution in [0.25, 0.3) is 0 Å². The van der Waals surface area contributed by atoms with E-state index in [4.69, 9.17) is 18.9 Å². The highest BCUT2D eigenvalue weighted by atomic mass is 19.4. The summed E-state index contributed by atoms with van der Waals surface area (Å²) in [5.41, 5.74) is -16.3. The van der Waals surface area contributed by atoms with Crippen molar-refractivity contribution in [2.75, 3.05) is 26.4 Å². The Labute approximate surface area is 280 Å². The highest BCUT2D eigenvalue weighted by Gasteiger charge is 2.59. The van der Waals surface area contributed by atoms with Crippen molar-refractivity contribution >= 4 is 0 Å². The Kier molecular flexibility index (Phi) is 13.2. The van der Waals surface area contributed by atoms with Crippen LogP contribution >= 0.6 is 0 Å². The first kappa shape index (κ1) is 43.5. The molecule has 50 heavy (non-hydrogen) atoms. The van der Waals surface area contributed by atoms with Gasteiger partial charge in [-0.2, -0.15) is 52.7 Å². The van der Waals surface area contributed by atoms with Crippen molar-refractivity contribution < 1.29 is 81.8 Å². The maximum absolute atomic E-state index is 14.4. The van der Waals surface area contributed by atoms with Gasteiger partial charge in [0.05, 0.1) is 25.9 Å². The largest absolute Gasteiger partial charge is 0.421 e. The minimum atomic E-state index is -5.37. The fourth-order valence-electron chi connectivity index (χ4n) is 4.69. The average Bonchev–Trinajstić information content (AvgIpc) is 2.99. The van der Waals surface area contributed by atoms with E-state index in [-0.39, 0.29) is 0 Å². The molecule has 2 aromatic carbocycles. The van der Waals surface area contributed by atoms with Gasteiger partial charge in [-0.3, -0.25) is 0 Å². The quantitative estimate of drug-likeness (QED) is 0.179. The summed E-state index contributed by atoms with van der Waals surface area (Å²) in [7, 11) is 0. The second-order valence-electron chi connectivity index (χ2n) is 12.2. The topological polar surface area (TPSA) is 77.4 Å². The van der Waals surface area contributed by atoms with Crippen LogP contribution in [0.4, 0.5) is 52.7 Å². The smallest absolute Gasteiger partial charge is 0.391 e. The third-order valence-corrected chi connectivity index (χ3v) is 8.27. The highest BCUT2D eigenvalue weighted by Crippen LogP contribution is 2.48. The Balaban J connectivity index is 2.42. The molecule has 0 radical (unpaired) electrons. The third kappa shape index (κ3) is 9.04. The van der Waals surface area contributed by atoms with E-state index in [1.54, 1.807) is 0 Å². The van der Waals surface area contributed by atoms with Gasteiger partial charge in [-0.15, -0.1) is 0 Å². The minimum absolute atomic E-state index is 0.419. The lowest BCUT2D eigenvalue weighted by molar-refractivity contribution is -0.295. The van der Waals surface area contributed by atoms with Gasteiger partial charge in [-0.05, 0) is 75.9 Å². The van der Waals surface area contributed by atoms with E-state index in [0.717, 1.165) is 43.3 Å². The molecule has 6 nitrogen and oxygen atoms in total. The van der Waals surface area contributed by atoms with Crippen LogP contribution in [0.2, 0.25) is 0 Å². The van der Waals surface area contributed by atoms with Crippen LogP contribution in [0, 0.1) is 0 Å². The number of benzene rings is 2. The first-order valence-electron chi connectivity index (χ1n) is 14.9. The Morgan fingerprint density at radius 2 is 0.760 bits per heavy atom. The summed E-state index contributed by atoms with van der Waals surface area (Å²) >= 11 is 0. The molecule has 0 saturated carbocycles. The molecule has 2 N–H and O–H groups in total. The maximum atomic E-state index is 14.4. The van der Waals surface area contributed by atoms with Crippen LogP contribution in [-0.2, 0) is 41.4 Å². The molecular weight excluding hydrogens is 708 g/mol. The fourth-order valence-corrected chi connectivity index (χ4v) is 4.69. The summed E-state index contributed by atoms with van der Waals surface area (Å²) in [5.74, 6) is 0. The predicted octanol–water partition coefficient (Wildman–Crippen LogP) is 8.32. The van der Waals surface area contributed by atoms with E-state index in [0.29, 0.717) is 39.8 Å². The van der Waals surface area contributed by atoms with Crippen LogP contribution < -0.4 is 0 Å². The molecule has 0 spiro atoms. The number of hydrogen-bond donors (Lipinski definition) is 2.